The van der Waals surface area contributed by atoms with E-state index in [0.29, 0.717) is 17.0 Å². The molecule has 1 nitrogen and oxygen atoms in total. The first kappa shape index (κ1) is 14.4. The zero-order chi connectivity index (χ0) is 13.1. The fourth-order valence-corrected chi connectivity index (χ4v) is 5.29. The predicted octanol–water partition coefficient (Wildman–Crippen LogP) is 5.46. The molecule has 3 aliphatic rings. The van der Waals surface area contributed by atoms with E-state index in [0.717, 1.165) is 11.8 Å². The van der Waals surface area contributed by atoms with E-state index in [9.17, 15) is 0 Å². The van der Waals surface area contributed by atoms with Crippen LogP contribution >= 0.6 is 15.9 Å². The highest BCUT2D eigenvalue weighted by molar-refractivity contribution is 9.09. The molecule has 110 valence electrons. The van der Waals surface area contributed by atoms with E-state index in [1.807, 2.05) is 0 Å². The predicted molar refractivity (Wildman–Crippen MR) is 83.8 cm³/mol. The van der Waals surface area contributed by atoms with Crippen LogP contribution in [0.15, 0.2) is 0 Å². The summed E-state index contributed by atoms with van der Waals surface area (Å²) >= 11 is 3.92. The maximum Gasteiger partial charge on any atom is 0.0617 e. The molecule has 1 unspecified atom stereocenters. The molecule has 1 heterocycles. The van der Waals surface area contributed by atoms with Crippen LogP contribution < -0.4 is 0 Å². The molecular weight excluding hydrogens is 300 g/mol. The molecule has 19 heavy (non-hydrogen) atoms. The summed E-state index contributed by atoms with van der Waals surface area (Å²) in [6, 6.07) is 0. The zero-order valence-corrected chi connectivity index (χ0v) is 13.7. The van der Waals surface area contributed by atoms with E-state index in [1.54, 1.807) is 0 Å². The third-order valence-electron chi connectivity index (χ3n) is 5.68. The summed E-state index contributed by atoms with van der Waals surface area (Å²) in [5, 5.41) is 0. The standard InChI is InChI=1S/C17H29BrO/c18-15-11-16(13-7-3-1-4-8-13)19-17(12-15)14-9-5-2-6-10-14/h13-17H,1-12H2/t15?,16-,17+. The number of halogens is 1. The minimum atomic E-state index is 0.561. The van der Waals surface area contributed by atoms with Crippen LogP contribution in [-0.4, -0.2) is 17.0 Å². The van der Waals surface area contributed by atoms with Gasteiger partial charge < -0.3 is 4.74 Å². The lowest BCUT2D eigenvalue weighted by molar-refractivity contribution is -0.108. The third kappa shape index (κ3) is 3.75. The first-order valence-electron chi connectivity index (χ1n) is 8.62. The lowest BCUT2D eigenvalue weighted by atomic mass is 9.79. The summed E-state index contributed by atoms with van der Waals surface area (Å²) in [5.74, 6) is 1.72. The molecule has 1 aliphatic heterocycles. The van der Waals surface area contributed by atoms with Gasteiger partial charge in [0.1, 0.15) is 0 Å². The van der Waals surface area contributed by atoms with Crippen LogP contribution in [0.5, 0.6) is 0 Å². The summed E-state index contributed by atoms with van der Waals surface area (Å²) in [6.07, 6.45) is 18.0. The highest BCUT2D eigenvalue weighted by atomic mass is 79.9. The number of rotatable bonds is 2. The van der Waals surface area contributed by atoms with Crippen molar-refractivity contribution in [2.45, 2.75) is 94.1 Å². The van der Waals surface area contributed by atoms with Gasteiger partial charge in [-0.15, -0.1) is 0 Å². The van der Waals surface area contributed by atoms with Gasteiger partial charge >= 0.3 is 0 Å². The number of ether oxygens (including phenoxy) is 1. The molecule has 0 aromatic heterocycles. The smallest absolute Gasteiger partial charge is 0.0617 e. The molecule has 0 amide bonds. The molecule has 0 spiro atoms. The van der Waals surface area contributed by atoms with Gasteiger partial charge in [0.2, 0.25) is 0 Å². The summed E-state index contributed by atoms with van der Waals surface area (Å²) in [5.41, 5.74) is 0. The van der Waals surface area contributed by atoms with Gasteiger partial charge in [-0.3, -0.25) is 0 Å². The van der Waals surface area contributed by atoms with Crippen molar-refractivity contribution in [1.29, 1.82) is 0 Å². The van der Waals surface area contributed by atoms with Gasteiger partial charge in [0.05, 0.1) is 12.2 Å². The summed E-state index contributed by atoms with van der Waals surface area (Å²) in [6.45, 7) is 0. The molecule has 1 saturated heterocycles. The second-order valence-electron chi connectivity index (χ2n) is 7.08. The summed E-state index contributed by atoms with van der Waals surface area (Å²) in [7, 11) is 0. The van der Waals surface area contributed by atoms with Crippen molar-refractivity contribution in [3.63, 3.8) is 0 Å². The molecule has 0 aromatic rings. The van der Waals surface area contributed by atoms with Gasteiger partial charge in [-0.05, 0) is 50.4 Å². The van der Waals surface area contributed by atoms with Gasteiger partial charge in [-0.2, -0.15) is 0 Å². The van der Waals surface area contributed by atoms with E-state index < -0.39 is 0 Å². The Morgan fingerprint density at radius 1 is 0.632 bits per heavy atom. The van der Waals surface area contributed by atoms with Crippen molar-refractivity contribution in [2.24, 2.45) is 11.8 Å². The monoisotopic (exact) mass is 328 g/mol. The third-order valence-corrected chi connectivity index (χ3v) is 6.42. The fourth-order valence-electron chi connectivity index (χ4n) is 4.56. The second kappa shape index (κ2) is 6.93. The largest absolute Gasteiger partial charge is 0.374 e. The van der Waals surface area contributed by atoms with Crippen LogP contribution in [0.1, 0.15) is 77.0 Å². The Bertz CT molecular complexity index is 242. The summed E-state index contributed by atoms with van der Waals surface area (Å²) in [4.78, 5) is 0.708. The summed E-state index contributed by atoms with van der Waals surface area (Å²) < 4.78 is 6.61. The Kier molecular flexibility index (Phi) is 5.25. The zero-order valence-electron chi connectivity index (χ0n) is 12.2. The normalized spacial score (nSPS) is 39.3. The molecule has 0 radical (unpaired) electrons. The topological polar surface area (TPSA) is 9.23 Å². The van der Waals surface area contributed by atoms with Crippen LogP contribution in [0, 0.1) is 11.8 Å². The second-order valence-corrected chi connectivity index (χ2v) is 8.37. The molecule has 0 N–H and O–H groups in total. The minimum Gasteiger partial charge on any atom is -0.374 e. The quantitative estimate of drug-likeness (QED) is 0.611. The van der Waals surface area contributed by atoms with Crippen LogP contribution in [0.4, 0.5) is 0 Å². The van der Waals surface area contributed by atoms with Crippen molar-refractivity contribution >= 4 is 15.9 Å². The lowest BCUT2D eigenvalue weighted by Crippen LogP contribution is -2.42. The van der Waals surface area contributed by atoms with Crippen molar-refractivity contribution in [3.8, 4) is 0 Å². The number of alkyl halides is 1. The van der Waals surface area contributed by atoms with Crippen LogP contribution in [0.2, 0.25) is 0 Å². The Hall–Kier alpha value is 0.440. The fraction of sp³-hybridized carbons (Fsp3) is 1.00. The van der Waals surface area contributed by atoms with E-state index >= 15 is 0 Å². The average molecular weight is 329 g/mol. The maximum absolute atomic E-state index is 6.61. The van der Waals surface area contributed by atoms with Crippen LogP contribution in [0.3, 0.4) is 0 Å². The molecule has 3 fully saturated rings. The van der Waals surface area contributed by atoms with Crippen molar-refractivity contribution in [1.82, 2.24) is 0 Å². The average Bonchev–Trinajstić information content (AvgIpc) is 2.48. The first-order chi connectivity index (χ1) is 9.33. The van der Waals surface area contributed by atoms with Crippen LogP contribution in [-0.2, 0) is 4.74 Å². The Labute approximate surface area is 127 Å². The van der Waals surface area contributed by atoms with E-state index in [4.69, 9.17) is 4.74 Å². The Morgan fingerprint density at radius 3 is 1.47 bits per heavy atom. The van der Waals surface area contributed by atoms with E-state index in [2.05, 4.69) is 15.9 Å². The molecule has 3 rings (SSSR count). The van der Waals surface area contributed by atoms with Gasteiger partial charge in [-0.25, -0.2) is 0 Å². The van der Waals surface area contributed by atoms with Gasteiger partial charge in [0.25, 0.3) is 0 Å². The van der Waals surface area contributed by atoms with Crippen molar-refractivity contribution < 1.29 is 4.74 Å². The number of hydrogen-bond donors (Lipinski definition) is 0. The maximum atomic E-state index is 6.61. The Balaban J connectivity index is 1.59. The van der Waals surface area contributed by atoms with Gasteiger partial charge in [0.15, 0.2) is 0 Å². The van der Waals surface area contributed by atoms with E-state index in [-0.39, 0.29) is 0 Å². The SMILES string of the molecule is BrC1C[C@@H](C2CCCCC2)O[C@@H](C2CCCCC2)C1. The van der Waals surface area contributed by atoms with Crippen molar-refractivity contribution in [3.05, 3.63) is 0 Å². The molecule has 2 aliphatic carbocycles. The van der Waals surface area contributed by atoms with E-state index in [1.165, 1.54) is 77.0 Å². The highest BCUT2D eigenvalue weighted by Crippen LogP contribution is 2.40. The minimum absolute atomic E-state index is 0.561. The molecule has 2 saturated carbocycles. The number of hydrogen-bond acceptors (Lipinski definition) is 1. The molecule has 2 heteroatoms. The molecule has 3 atom stereocenters. The lowest BCUT2D eigenvalue weighted by Gasteiger charge is -2.42. The van der Waals surface area contributed by atoms with Crippen LogP contribution in [0.25, 0.3) is 0 Å². The first-order valence-corrected chi connectivity index (χ1v) is 9.54. The van der Waals surface area contributed by atoms with Gasteiger partial charge in [-0.1, -0.05) is 54.5 Å². The Morgan fingerprint density at radius 2 is 1.05 bits per heavy atom. The van der Waals surface area contributed by atoms with Crippen molar-refractivity contribution in [2.75, 3.05) is 0 Å². The highest BCUT2D eigenvalue weighted by Gasteiger charge is 2.37. The molecule has 0 bridgehead atoms. The van der Waals surface area contributed by atoms with Gasteiger partial charge in [0, 0.05) is 4.83 Å². The molecule has 0 aromatic carbocycles. The molecular formula is C17H29BrO.